The molecule has 0 spiro atoms. The first kappa shape index (κ1) is 26.4. The summed E-state index contributed by atoms with van der Waals surface area (Å²) in [7, 11) is 0. The Morgan fingerprint density at radius 3 is 2.54 bits per heavy atom. The third kappa shape index (κ3) is 6.18. The molecule has 0 unspecified atom stereocenters. The second-order valence-corrected chi connectivity index (χ2v) is 10.1. The highest BCUT2D eigenvalue weighted by molar-refractivity contribution is 5.92. The Morgan fingerprint density at radius 2 is 1.78 bits per heavy atom. The number of aromatic amines is 1. The van der Waals surface area contributed by atoms with E-state index in [0.717, 1.165) is 27.6 Å². The van der Waals surface area contributed by atoms with Crippen LogP contribution >= 0.6 is 0 Å². The van der Waals surface area contributed by atoms with Crippen molar-refractivity contribution in [2.24, 2.45) is 11.8 Å². The van der Waals surface area contributed by atoms with Crippen molar-refractivity contribution in [2.45, 2.75) is 57.7 Å². The summed E-state index contributed by atoms with van der Waals surface area (Å²) in [5, 5.41) is 26.4. The molecule has 2 aromatic carbocycles. The quantitative estimate of drug-likeness (QED) is 0.185. The van der Waals surface area contributed by atoms with Gasteiger partial charge in [0.05, 0.1) is 12.1 Å². The molecule has 3 aromatic rings. The van der Waals surface area contributed by atoms with Crippen LogP contribution < -0.4 is 16.1 Å². The van der Waals surface area contributed by atoms with Gasteiger partial charge in [0, 0.05) is 42.3 Å². The molecular weight excluding hydrogens is 472 g/mol. The number of hydrogen-bond acceptors (Lipinski definition) is 5. The van der Waals surface area contributed by atoms with Gasteiger partial charge >= 0.3 is 0 Å². The molecule has 6 N–H and O–H groups in total. The van der Waals surface area contributed by atoms with E-state index in [1.54, 1.807) is 5.48 Å². The number of carbonyl (C=O) groups is 3. The van der Waals surface area contributed by atoms with Gasteiger partial charge in [0.2, 0.25) is 17.7 Å². The molecule has 0 fully saturated rings. The molecule has 9 heteroatoms. The molecule has 37 heavy (non-hydrogen) atoms. The summed E-state index contributed by atoms with van der Waals surface area (Å²) in [5.41, 5.74) is 5.20. The van der Waals surface area contributed by atoms with E-state index in [1.165, 1.54) is 0 Å². The molecule has 0 radical (unpaired) electrons. The molecule has 1 aliphatic carbocycles. The van der Waals surface area contributed by atoms with Crippen LogP contribution in [-0.2, 0) is 27.2 Å². The summed E-state index contributed by atoms with van der Waals surface area (Å²) in [6, 6.07) is 13.7. The first-order chi connectivity index (χ1) is 17.8. The zero-order chi connectivity index (χ0) is 26.5. The van der Waals surface area contributed by atoms with Gasteiger partial charge in [0.15, 0.2) is 0 Å². The Kier molecular flexibility index (Phi) is 8.25. The summed E-state index contributed by atoms with van der Waals surface area (Å²) in [4.78, 5) is 42.0. The van der Waals surface area contributed by atoms with Crippen molar-refractivity contribution < 1.29 is 24.7 Å². The van der Waals surface area contributed by atoms with E-state index in [2.05, 4.69) is 15.6 Å². The van der Waals surface area contributed by atoms with Crippen molar-refractivity contribution in [3.63, 3.8) is 0 Å². The lowest BCUT2D eigenvalue weighted by molar-refractivity contribution is -0.136. The number of aliphatic hydroxyl groups is 1. The number of para-hydroxylation sites is 1. The van der Waals surface area contributed by atoms with E-state index in [4.69, 9.17) is 5.21 Å². The molecular formula is C28H34N4O5. The van der Waals surface area contributed by atoms with Crippen molar-refractivity contribution in [1.82, 2.24) is 21.1 Å². The van der Waals surface area contributed by atoms with E-state index in [-0.39, 0.29) is 18.8 Å². The van der Waals surface area contributed by atoms with Crippen LogP contribution in [0.2, 0.25) is 0 Å². The number of aliphatic hydroxyl groups excluding tert-OH is 1. The average Bonchev–Trinajstić information content (AvgIpc) is 3.43. The van der Waals surface area contributed by atoms with Crippen molar-refractivity contribution in [1.29, 1.82) is 0 Å². The molecule has 1 heterocycles. The van der Waals surface area contributed by atoms with Crippen molar-refractivity contribution >= 4 is 28.6 Å². The van der Waals surface area contributed by atoms with Crippen molar-refractivity contribution in [3.05, 3.63) is 71.4 Å². The SMILES string of the molecule is CC(C)C[C@H](CC(=O)NO)C(=O)N[C@@H](Cc1c[nH]c2ccccc12)C(=O)N[C@H]1c2ccccc2C[C@H]1O. The Bertz CT molecular complexity index is 1270. The van der Waals surface area contributed by atoms with E-state index < -0.39 is 41.8 Å². The molecule has 1 aromatic heterocycles. The first-order valence-electron chi connectivity index (χ1n) is 12.6. The highest BCUT2D eigenvalue weighted by Gasteiger charge is 2.35. The van der Waals surface area contributed by atoms with Gasteiger partial charge in [-0.25, -0.2) is 5.48 Å². The molecule has 3 amide bonds. The third-order valence-electron chi connectivity index (χ3n) is 6.92. The minimum Gasteiger partial charge on any atom is -0.390 e. The number of fused-ring (bicyclic) bond motifs is 2. The Labute approximate surface area is 215 Å². The fraction of sp³-hybridized carbons (Fsp3) is 0.393. The van der Waals surface area contributed by atoms with Crippen molar-refractivity contribution in [2.75, 3.05) is 0 Å². The molecule has 0 saturated heterocycles. The summed E-state index contributed by atoms with van der Waals surface area (Å²) < 4.78 is 0. The minimum atomic E-state index is -0.946. The van der Waals surface area contributed by atoms with Crippen LogP contribution in [0.4, 0.5) is 0 Å². The fourth-order valence-electron chi connectivity index (χ4n) is 5.14. The third-order valence-corrected chi connectivity index (χ3v) is 6.92. The van der Waals surface area contributed by atoms with Gasteiger partial charge in [-0.15, -0.1) is 0 Å². The van der Waals surface area contributed by atoms with Crippen LogP contribution in [0.25, 0.3) is 10.9 Å². The number of carbonyl (C=O) groups excluding carboxylic acids is 3. The Morgan fingerprint density at radius 1 is 1.05 bits per heavy atom. The van der Waals surface area contributed by atoms with Crippen LogP contribution in [-0.4, -0.2) is 45.2 Å². The van der Waals surface area contributed by atoms with Crippen LogP contribution in [0.1, 0.15) is 49.4 Å². The smallest absolute Gasteiger partial charge is 0.244 e. The van der Waals surface area contributed by atoms with Gasteiger partial charge in [-0.3, -0.25) is 19.6 Å². The van der Waals surface area contributed by atoms with Gasteiger partial charge in [-0.2, -0.15) is 0 Å². The number of aromatic nitrogens is 1. The highest BCUT2D eigenvalue weighted by atomic mass is 16.5. The highest BCUT2D eigenvalue weighted by Crippen LogP contribution is 2.31. The molecule has 0 bridgehead atoms. The number of hydrogen-bond donors (Lipinski definition) is 6. The summed E-state index contributed by atoms with van der Waals surface area (Å²) in [6.45, 7) is 3.87. The standard InChI is InChI=1S/C28H34N4O5/c1-16(2)11-18(14-25(34)32-37)27(35)30-23(12-19-15-29-22-10-6-5-8-20(19)22)28(36)31-26-21-9-4-3-7-17(21)13-24(26)33/h3-10,15-16,18,23-24,26,29,33,37H,11-14H2,1-2H3,(H,30,35)(H,31,36)(H,32,34)/t18-,23+,24-,26+/m1/s1. The first-order valence-corrected chi connectivity index (χ1v) is 12.6. The molecule has 4 rings (SSSR count). The molecule has 0 saturated carbocycles. The van der Waals surface area contributed by atoms with Gasteiger partial charge in [0.1, 0.15) is 6.04 Å². The zero-order valence-electron chi connectivity index (χ0n) is 21.0. The number of benzene rings is 2. The van der Waals surface area contributed by atoms with E-state index >= 15 is 0 Å². The normalized spacial score (nSPS) is 18.3. The predicted molar refractivity (Wildman–Crippen MR) is 138 cm³/mol. The lowest BCUT2D eigenvalue weighted by Gasteiger charge is -2.25. The monoisotopic (exact) mass is 506 g/mol. The number of hydroxylamine groups is 1. The lowest BCUT2D eigenvalue weighted by Crippen LogP contribution is -2.51. The minimum absolute atomic E-state index is 0.119. The second-order valence-electron chi connectivity index (χ2n) is 10.1. The van der Waals surface area contributed by atoms with Crippen LogP contribution in [0.5, 0.6) is 0 Å². The van der Waals surface area contributed by atoms with E-state index in [0.29, 0.717) is 12.8 Å². The lowest BCUT2D eigenvalue weighted by atomic mass is 9.92. The fourth-order valence-corrected chi connectivity index (χ4v) is 5.14. The molecule has 4 atom stereocenters. The Balaban J connectivity index is 1.59. The molecule has 9 nitrogen and oxygen atoms in total. The summed E-state index contributed by atoms with van der Waals surface area (Å²) >= 11 is 0. The predicted octanol–water partition coefficient (Wildman–Crippen LogP) is 2.53. The van der Waals surface area contributed by atoms with Gasteiger partial charge in [0.25, 0.3) is 0 Å². The van der Waals surface area contributed by atoms with Crippen molar-refractivity contribution in [3.8, 4) is 0 Å². The maximum absolute atomic E-state index is 13.6. The second kappa shape index (κ2) is 11.6. The van der Waals surface area contributed by atoms with Crippen LogP contribution in [0.3, 0.4) is 0 Å². The van der Waals surface area contributed by atoms with Crippen LogP contribution in [0.15, 0.2) is 54.7 Å². The van der Waals surface area contributed by atoms with Crippen LogP contribution in [0, 0.1) is 11.8 Å². The zero-order valence-corrected chi connectivity index (χ0v) is 21.0. The number of amides is 3. The number of rotatable bonds is 10. The van der Waals surface area contributed by atoms with Gasteiger partial charge in [-0.05, 0) is 35.1 Å². The number of H-pyrrole nitrogens is 1. The largest absolute Gasteiger partial charge is 0.390 e. The molecule has 196 valence electrons. The average molecular weight is 507 g/mol. The maximum atomic E-state index is 13.6. The maximum Gasteiger partial charge on any atom is 0.244 e. The van der Waals surface area contributed by atoms with E-state index in [9.17, 15) is 19.5 Å². The topological polar surface area (TPSA) is 144 Å². The van der Waals surface area contributed by atoms with Gasteiger partial charge in [-0.1, -0.05) is 56.3 Å². The molecule has 0 aliphatic heterocycles. The van der Waals surface area contributed by atoms with Gasteiger partial charge < -0.3 is 20.7 Å². The number of nitrogens with one attached hydrogen (secondary N) is 4. The summed E-state index contributed by atoms with van der Waals surface area (Å²) in [6.07, 6.45) is 1.92. The Hall–Kier alpha value is -3.69. The molecule has 1 aliphatic rings. The van der Waals surface area contributed by atoms with E-state index in [1.807, 2.05) is 68.6 Å². The summed E-state index contributed by atoms with van der Waals surface area (Å²) in [5.74, 6) is -2.13.